The third kappa shape index (κ3) is 5.54. The lowest BCUT2D eigenvalue weighted by atomic mass is 9.94. The van der Waals surface area contributed by atoms with Crippen molar-refractivity contribution in [1.82, 2.24) is 19.8 Å². The summed E-state index contributed by atoms with van der Waals surface area (Å²) in [6.07, 6.45) is 3.89. The number of carbonyl (C=O) groups excluding carboxylic acids is 1. The number of rotatable bonds is 7. The maximum absolute atomic E-state index is 12.5. The molecule has 0 bridgehead atoms. The molecule has 0 spiro atoms. The van der Waals surface area contributed by atoms with Gasteiger partial charge in [-0.2, -0.15) is 9.97 Å². The Morgan fingerprint density at radius 1 is 1.21 bits per heavy atom. The number of piperazine rings is 1. The maximum Gasteiger partial charge on any atom is 0.318 e. The molecular weight excluding hydrogens is 552 g/mol. The molecule has 2 fully saturated rings. The lowest BCUT2D eigenvalue weighted by Crippen LogP contribution is -2.56. The third-order valence-corrected chi connectivity index (χ3v) is 9.02. The summed E-state index contributed by atoms with van der Waals surface area (Å²) in [5.74, 6) is 0.600. The van der Waals surface area contributed by atoms with Gasteiger partial charge < -0.3 is 29.0 Å². The van der Waals surface area contributed by atoms with Crippen molar-refractivity contribution in [2.45, 2.75) is 44.1 Å². The van der Waals surface area contributed by atoms with E-state index in [1.54, 1.807) is 4.90 Å². The number of likely N-dealkylation sites (N-methyl/N-ethyl adjacent to an activating group) is 1. The Balaban J connectivity index is 1.34. The fraction of sp³-hybridized carbons (Fsp3) is 0.438. The van der Waals surface area contributed by atoms with Crippen LogP contribution in [-0.2, 0) is 22.6 Å². The number of hydrogen-bond acceptors (Lipinski definition) is 7. The Hall–Kier alpha value is -3.71. The van der Waals surface area contributed by atoms with E-state index in [1.807, 2.05) is 18.2 Å². The molecule has 10 heteroatoms. The van der Waals surface area contributed by atoms with Gasteiger partial charge in [-0.15, -0.1) is 0 Å². The van der Waals surface area contributed by atoms with E-state index in [4.69, 9.17) is 37.6 Å². The highest BCUT2D eigenvalue weighted by Gasteiger charge is 2.35. The first-order chi connectivity index (χ1) is 20.5. The fourth-order valence-electron chi connectivity index (χ4n) is 6.42. The highest BCUT2D eigenvalue weighted by molar-refractivity contribution is 6.35. The molecule has 0 aliphatic carbocycles. The van der Waals surface area contributed by atoms with Gasteiger partial charge in [-0.3, -0.25) is 4.79 Å². The molecule has 6 rings (SSSR count). The summed E-state index contributed by atoms with van der Waals surface area (Å²) in [6, 6.07) is 12.5. The van der Waals surface area contributed by atoms with Gasteiger partial charge in [0.2, 0.25) is 12.5 Å². The summed E-state index contributed by atoms with van der Waals surface area (Å²) in [5.41, 5.74) is 2.85. The van der Waals surface area contributed by atoms with Gasteiger partial charge in [-0.1, -0.05) is 48.5 Å². The van der Waals surface area contributed by atoms with Crippen molar-refractivity contribution in [1.29, 1.82) is 0 Å². The predicted octanol–water partition coefficient (Wildman–Crippen LogP) is 4.69. The summed E-state index contributed by atoms with van der Waals surface area (Å²) in [5, 5.41) is 2.76. The van der Waals surface area contributed by atoms with Crippen molar-refractivity contribution < 1.29 is 14.3 Å². The quantitative estimate of drug-likeness (QED) is 0.294. The molecule has 1 aromatic heterocycles. The standard InChI is InChI=1S/C32H35ClN6O3/c1-4-29(40)39-15-14-38(18-23(39)17-34-2)31-25-20-41-28(24-11-5-8-21-9-6-12-26(33)30(21)24)16-27(25)35-32(36-31)42-19-22-10-7-13-37(22)3/h4-6,8-9,11-12,22-23,28H,1,7,10,13-20H2,3H3. The normalized spacial score (nSPS) is 22.5. The Kier molecular flexibility index (Phi) is 8.29. The maximum atomic E-state index is 12.5. The van der Waals surface area contributed by atoms with Gasteiger partial charge in [-0.05, 0) is 49.5 Å². The van der Waals surface area contributed by atoms with E-state index < -0.39 is 0 Å². The van der Waals surface area contributed by atoms with E-state index in [9.17, 15) is 4.79 Å². The van der Waals surface area contributed by atoms with E-state index >= 15 is 0 Å². The van der Waals surface area contributed by atoms with Crippen LogP contribution in [0.1, 0.15) is 35.8 Å². The zero-order valence-corrected chi connectivity index (χ0v) is 24.6. The van der Waals surface area contributed by atoms with E-state index in [1.165, 1.54) is 6.08 Å². The lowest BCUT2D eigenvalue weighted by Gasteiger charge is -2.40. The van der Waals surface area contributed by atoms with Crippen molar-refractivity contribution in [2.24, 2.45) is 0 Å². The van der Waals surface area contributed by atoms with Crippen LogP contribution in [0.25, 0.3) is 15.6 Å². The minimum absolute atomic E-state index is 0.155. The highest BCUT2D eigenvalue weighted by Crippen LogP contribution is 2.39. The second kappa shape index (κ2) is 12.3. The lowest BCUT2D eigenvalue weighted by molar-refractivity contribution is -0.128. The van der Waals surface area contributed by atoms with Crippen LogP contribution < -0.4 is 9.64 Å². The van der Waals surface area contributed by atoms with Crippen LogP contribution in [0.2, 0.25) is 5.02 Å². The largest absolute Gasteiger partial charge is 0.462 e. The Labute approximate surface area is 251 Å². The monoisotopic (exact) mass is 586 g/mol. The molecule has 42 heavy (non-hydrogen) atoms. The van der Waals surface area contributed by atoms with Gasteiger partial charge in [0.15, 0.2) is 0 Å². The number of likely N-dealkylation sites (tertiary alicyclic amines) is 1. The van der Waals surface area contributed by atoms with Gasteiger partial charge in [0.25, 0.3) is 0 Å². The summed E-state index contributed by atoms with van der Waals surface area (Å²) in [4.78, 5) is 32.2. The minimum atomic E-state index is -0.265. The van der Waals surface area contributed by atoms with Crippen molar-refractivity contribution in [2.75, 3.05) is 51.3 Å². The molecule has 3 aliphatic heterocycles. The Morgan fingerprint density at radius 2 is 2.05 bits per heavy atom. The molecular formula is C32H35ClN6O3. The molecule has 3 aromatic rings. The van der Waals surface area contributed by atoms with Gasteiger partial charge in [0.1, 0.15) is 18.5 Å². The van der Waals surface area contributed by atoms with Crippen LogP contribution in [-0.4, -0.2) is 84.1 Å². The van der Waals surface area contributed by atoms with E-state index in [0.717, 1.165) is 52.8 Å². The minimum Gasteiger partial charge on any atom is -0.462 e. The van der Waals surface area contributed by atoms with Crippen molar-refractivity contribution in [3.63, 3.8) is 0 Å². The smallest absolute Gasteiger partial charge is 0.318 e. The second-order valence-corrected chi connectivity index (χ2v) is 11.6. The van der Waals surface area contributed by atoms with Gasteiger partial charge in [0.05, 0.1) is 18.4 Å². The average Bonchev–Trinajstić information content (AvgIpc) is 3.43. The van der Waals surface area contributed by atoms with E-state index in [-0.39, 0.29) is 24.6 Å². The third-order valence-electron chi connectivity index (χ3n) is 8.71. The van der Waals surface area contributed by atoms with E-state index in [0.29, 0.717) is 56.3 Å². The van der Waals surface area contributed by atoms with Crippen LogP contribution in [0, 0.1) is 6.57 Å². The number of benzene rings is 2. The van der Waals surface area contributed by atoms with Crippen molar-refractivity contribution in [3.8, 4) is 6.01 Å². The van der Waals surface area contributed by atoms with E-state index in [2.05, 4.69) is 46.5 Å². The summed E-state index contributed by atoms with van der Waals surface area (Å²) < 4.78 is 12.8. The number of ether oxygens (including phenoxy) is 2. The number of fused-ring (bicyclic) bond motifs is 2. The molecule has 2 aromatic carbocycles. The first kappa shape index (κ1) is 28.4. The molecule has 3 atom stereocenters. The molecule has 0 saturated carbocycles. The van der Waals surface area contributed by atoms with Crippen LogP contribution in [0.3, 0.4) is 0 Å². The molecule has 2 saturated heterocycles. The zero-order chi connectivity index (χ0) is 29.2. The molecule has 3 aliphatic rings. The van der Waals surface area contributed by atoms with Crippen LogP contribution in [0.15, 0.2) is 49.1 Å². The topological polar surface area (TPSA) is 75.4 Å². The predicted molar refractivity (Wildman–Crippen MR) is 163 cm³/mol. The Morgan fingerprint density at radius 3 is 2.81 bits per heavy atom. The number of halogens is 1. The molecule has 1 amide bonds. The van der Waals surface area contributed by atoms with Crippen molar-refractivity contribution >= 4 is 34.1 Å². The number of carbonyl (C=O) groups is 1. The number of amides is 1. The number of nitrogens with zero attached hydrogens (tertiary/aromatic N) is 6. The second-order valence-electron chi connectivity index (χ2n) is 11.2. The molecule has 9 nitrogen and oxygen atoms in total. The SMILES string of the molecule is [C-]#[N+]CC1CN(c2nc(OCC3CCCN3C)nc3c2COC(c2cccc4cccc(Cl)c24)C3)CCN1C(=O)C=C. The first-order valence-corrected chi connectivity index (χ1v) is 14.9. The molecule has 0 N–H and O–H groups in total. The molecule has 0 radical (unpaired) electrons. The molecule has 3 unspecified atom stereocenters. The van der Waals surface area contributed by atoms with Gasteiger partial charge in [-0.25, -0.2) is 6.57 Å². The Bertz CT molecular complexity index is 1540. The highest BCUT2D eigenvalue weighted by atomic mass is 35.5. The fourth-order valence-corrected chi connectivity index (χ4v) is 6.72. The molecule has 218 valence electrons. The van der Waals surface area contributed by atoms with Crippen LogP contribution >= 0.6 is 11.6 Å². The number of aromatic nitrogens is 2. The number of anilines is 1. The summed E-state index contributed by atoms with van der Waals surface area (Å²) >= 11 is 6.67. The number of hydrogen-bond donors (Lipinski definition) is 0. The first-order valence-electron chi connectivity index (χ1n) is 14.5. The average molecular weight is 587 g/mol. The van der Waals surface area contributed by atoms with Gasteiger partial charge >= 0.3 is 6.01 Å². The van der Waals surface area contributed by atoms with Crippen molar-refractivity contribution in [3.05, 3.63) is 82.3 Å². The van der Waals surface area contributed by atoms with Crippen LogP contribution in [0.5, 0.6) is 6.01 Å². The summed E-state index contributed by atoms with van der Waals surface area (Å²) in [6.45, 7) is 14.8. The van der Waals surface area contributed by atoms with Crippen LogP contribution in [0.4, 0.5) is 5.82 Å². The van der Waals surface area contributed by atoms with Gasteiger partial charge in [0, 0.05) is 48.1 Å². The zero-order valence-electron chi connectivity index (χ0n) is 23.8. The molecule has 4 heterocycles. The summed E-state index contributed by atoms with van der Waals surface area (Å²) in [7, 11) is 2.12.